The maximum absolute atomic E-state index is 11.7. The summed E-state index contributed by atoms with van der Waals surface area (Å²) < 4.78 is 6.99. The number of carbonyl (C=O) groups excluding carboxylic acids is 1. The van der Waals surface area contributed by atoms with Crippen molar-refractivity contribution in [1.29, 1.82) is 0 Å². The summed E-state index contributed by atoms with van der Waals surface area (Å²) in [6.07, 6.45) is 3.29. The Kier molecular flexibility index (Phi) is 4.24. The number of esters is 1. The number of nitrogens with zero attached hydrogens (tertiary/aromatic N) is 2. The van der Waals surface area contributed by atoms with Crippen LogP contribution in [-0.4, -0.2) is 22.0 Å². The molecule has 0 unspecified atom stereocenters. The summed E-state index contributed by atoms with van der Waals surface area (Å²) in [5.41, 5.74) is 4.25. The van der Waals surface area contributed by atoms with Gasteiger partial charge in [0.25, 0.3) is 0 Å². The molecule has 0 aliphatic rings. The number of aromatic nitrogens is 2. The van der Waals surface area contributed by atoms with Gasteiger partial charge >= 0.3 is 5.97 Å². The summed E-state index contributed by atoms with van der Waals surface area (Å²) in [5.74, 6) is -0.204. The third-order valence-electron chi connectivity index (χ3n) is 3.57. The van der Waals surface area contributed by atoms with Gasteiger partial charge in [0.05, 0.1) is 18.7 Å². The standard InChI is InChI=1S/C17H18N2O2S/c1-3-12-5-7-13(8-6-12)15-10-19-14(9-16(20)21-4-2)11-22-17(19)18-15/h5-8,10-11H,3-4,9H2,1-2H3. The lowest BCUT2D eigenvalue weighted by Crippen LogP contribution is -2.08. The van der Waals surface area contributed by atoms with Crippen LogP contribution in [0.15, 0.2) is 35.8 Å². The minimum absolute atomic E-state index is 0.204. The van der Waals surface area contributed by atoms with Crippen molar-refractivity contribution in [3.8, 4) is 11.3 Å². The van der Waals surface area contributed by atoms with Crippen molar-refractivity contribution < 1.29 is 9.53 Å². The first-order chi connectivity index (χ1) is 10.7. The number of benzene rings is 1. The van der Waals surface area contributed by atoms with Crippen molar-refractivity contribution in [3.63, 3.8) is 0 Å². The summed E-state index contributed by atoms with van der Waals surface area (Å²) in [7, 11) is 0. The van der Waals surface area contributed by atoms with Gasteiger partial charge in [-0.05, 0) is 18.9 Å². The highest BCUT2D eigenvalue weighted by Gasteiger charge is 2.13. The lowest BCUT2D eigenvalue weighted by Gasteiger charge is -2.01. The van der Waals surface area contributed by atoms with E-state index in [1.54, 1.807) is 11.3 Å². The number of fused-ring (bicyclic) bond motifs is 1. The van der Waals surface area contributed by atoms with Crippen molar-refractivity contribution in [3.05, 3.63) is 47.1 Å². The van der Waals surface area contributed by atoms with Gasteiger partial charge < -0.3 is 4.74 Å². The van der Waals surface area contributed by atoms with Crippen LogP contribution in [0.25, 0.3) is 16.2 Å². The van der Waals surface area contributed by atoms with Crippen LogP contribution in [-0.2, 0) is 22.4 Å². The molecule has 0 atom stereocenters. The molecule has 0 N–H and O–H groups in total. The predicted molar refractivity (Wildman–Crippen MR) is 88.2 cm³/mol. The number of aryl methyl sites for hydroxylation is 1. The van der Waals surface area contributed by atoms with E-state index in [0.29, 0.717) is 6.61 Å². The maximum atomic E-state index is 11.7. The van der Waals surface area contributed by atoms with Crippen molar-refractivity contribution in [2.45, 2.75) is 26.7 Å². The van der Waals surface area contributed by atoms with Gasteiger partial charge in [0.1, 0.15) is 0 Å². The SMILES string of the molecule is CCOC(=O)Cc1csc2nc(-c3ccc(CC)cc3)cn12. The van der Waals surface area contributed by atoms with Crippen LogP contribution in [0.3, 0.4) is 0 Å². The number of hydrogen-bond acceptors (Lipinski definition) is 4. The van der Waals surface area contributed by atoms with Crippen molar-refractivity contribution >= 4 is 22.3 Å². The molecule has 0 bridgehead atoms. The average Bonchev–Trinajstić information content (AvgIpc) is 3.10. The molecule has 2 heterocycles. The van der Waals surface area contributed by atoms with Crippen LogP contribution in [0, 0.1) is 0 Å². The van der Waals surface area contributed by atoms with Gasteiger partial charge in [-0.2, -0.15) is 0 Å². The van der Waals surface area contributed by atoms with E-state index in [1.165, 1.54) is 5.56 Å². The van der Waals surface area contributed by atoms with Crippen LogP contribution >= 0.6 is 11.3 Å². The molecular weight excluding hydrogens is 296 g/mol. The second-order valence-electron chi connectivity index (χ2n) is 5.04. The number of hydrogen-bond donors (Lipinski definition) is 0. The lowest BCUT2D eigenvalue weighted by molar-refractivity contribution is -0.142. The van der Waals surface area contributed by atoms with Crippen molar-refractivity contribution in [1.82, 2.24) is 9.38 Å². The number of thiazole rings is 1. The van der Waals surface area contributed by atoms with Crippen LogP contribution in [0.1, 0.15) is 25.1 Å². The summed E-state index contributed by atoms with van der Waals surface area (Å²) in [4.78, 5) is 17.2. The lowest BCUT2D eigenvalue weighted by atomic mass is 10.1. The number of carbonyl (C=O) groups is 1. The molecule has 0 spiro atoms. The minimum atomic E-state index is -0.204. The first kappa shape index (κ1) is 14.8. The number of imidazole rings is 1. The fourth-order valence-electron chi connectivity index (χ4n) is 2.37. The zero-order valence-electron chi connectivity index (χ0n) is 12.7. The van der Waals surface area contributed by atoms with E-state index in [9.17, 15) is 4.79 Å². The molecule has 0 saturated heterocycles. The topological polar surface area (TPSA) is 43.6 Å². The van der Waals surface area contributed by atoms with Crippen LogP contribution in [0.5, 0.6) is 0 Å². The zero-order chi connectivity index (χ0) is 15.5. The molecular formula is C17H18N2O2S. The Morgan fingerprint density at radius 3 is 2.73 bits per heavy atom. The highest BCUT2D eigenvalue weighted by molar-refractivity contribution is 7.15. The largest absolute Gasteiger partial charge is 0.466 e. The Balaban J connectivity index is 1.89. The molecule has 0 radical (unpaired) electrons. The Morgan fingerprint density at radius 2 is 2.05 bits per heavy atom. The second-order valence-corrected chi connectivity index (χ2v) is 5.87. The first-order valence-corrected chi connectivity index (χ1v) is 8.29. The van der Waals surface area contributed by atoms with E-state index in [1.807, 2.05) is 22.9 Å². The van der Waals surface area contributed by atoms with Crippen LogP contribution < -0.4 is 0 Å². The van der Waals surface area contributed by atoms with E-state index in [0.717, 1.165) is 28.3 Å². The third-order valence-corrected chi connectivity index (χ3v) is 4.46. The number of ether oxygens (including phenoxy) is 1. The van der Waals surface area contributed by atoms with Crippen LogP contribution in [0.2, 0.25) is 0 Å². The van der Waals surface area contributed by atoms with E-state index in [2.05, 4.69) is 36.2 Å². The molecule has 0 amide bonds. The van der Waals surface area contributed by atoms with E-state index in [-0.39, 0.29) is 12.4 Å². The second kappa shape index (κ2) is 6.32. The molecule has 0 saturated carbocycles. The van der Waals surface area contributed by atoms with E-state index < -0.39 is 0 Å². The molecule has 2 aromatic heterocycles. The van der Waals surface area contributed by atoms with Crippen molar-refractivity contribution in [2.24, 2.45) is 0 Å². The molecule has 1 aromatic carbocycles. The predicted octanol–water partition coefficient (Wildman–Crippen LogP) is 3.73. The minimum Gasteiger partial charge on any atom is -0.466 e. The first-order valence-electron chi connectivity index (χ1n) is 7.41. The van der Waals surface area contributed by atoms with Gasteiger partial charge in [-0.25, -0.2) is 4.98 Å². The Hall–Kier alpha value is -2.14. The molecule has 5 heteroatoms. The Morgan fingerprint density at radius 1 is 1.27 bits per heavy atom. The fraction of sp³-hybridized carbons (Fsp3) is 0.294. The highest BCUT2D eigenvalue weighted by Crippen LogP contribution is 2.24. The monoisotopic (exact) mass is 314 g/mol. The van der Waals surface area contributed by atoms with Gasteiger partial charge in [0, 0.05) is 22.8 Å². The van der Waals surface area contributed by atoms with Crippen molar-refractivity contribution in [2.75, 3.05) is 6.61 Å². The molecule has 0 fully saturated rings. The molecule has 3 aromatic rings. The maximum Gasteiger partial charge on any atom is 0.311 e. The smallest absolute Gasteiger partial charge is 0.311 e. The van der Waals surface area contributed by atoms with Gasteiger partial charge in [-0.15, -0.1) is 11.3 Å². The molecule has 114 valence electrons. The normalized spacial score (nSPS) is 11.0. The Bertz CT molecular complexity index is 787. The van der Waals surface area contributed by atoms with Gasteiger partial charge in [-0.3, -0.25) is 9.20 Å². The molecule has 3 rings (SSSR count). The van der Waals surface area contributed by atoms with Gasteiger partial charge in [0.15, 0.2) is 4.96 Å². The summed E-state index contributed by atoms with van der Waals surface area (Å²) in [6.45, 7) is 4.37. The van der Waals surface area contributed by atoms with Gasteiger partial charge in [0.2, 0.25) is 0 Å². The van der Waals surface area contributed by atoms with E-state index in [4.69, 9.17) is 4.74 Å². The fourth-order valence-corrected chi connectivity index (χ4v) is 3.24. The zero-order valence-corrected chi connectivity index (χ0v) is 13.5. The van der Waals surface area contributed by atoms with E-state index >= 15 is 0 Å². The average molecular weight is 314 g/mol. The summed E-state index contributed by atoms with van der Waals surface area (Å²) in [6, 6.07) is 8.44. The van der Waals surface area contributed by atoms with Crippen LogP contribution in [0.4, 0.5) is 0 Å². The molecule has 4 nitrogen and oxygen atoms in total. The molecule has 0 aliphatic carbocycles. The summed E-state index contributed by atoms with van der Waals surface area (Å²) >= 11 is 1.54. The Labute approximate surface area is 133 Å². The molecule has 0 aliphatic heterocycles. The van der Waals surface area contributed by atoms with Gasteiger partial charge in [-0.1, -0.05) is 31.2 Å². The number of rotatable bonds is 5. The highest BCUT2D eigenvalue weighted by atomic mass is 32.1. The molecule has 22 heavy (non-hydrogen) atoms. The quantitative estimate of drug-likeness (QED) is 0.674. The third kappa shape index (κ3) is 2.90. The summed E-state index contributed by atoms with van der Waals surface area (Å²) in [5, 5.41) is 1.96.